The molecule has 0 aliphatic rings. The summed E-state index contributed by atoms with van der Waals surface area (Å²) < 4.78 is 4.89. The number of hydrogen-bond acceptors (Lipinski definition) is 4. The minimum absolute atomic E-state index is 0.561. The van der Waals surface area contributed by atoms with Crippen molar-refractivity contribution in [3.8, 4) is 101 Å². The minimum atomic E-state index is 0.561. The summed E-state index contributed by atoms with van der Waals surface area (Å²) in [6.07, 6.45) is 1.93. The highest BCUT2D eigenvalue weighted by Crippen LogP contribution is 2.45. The smallest absolute Gasteiger partial charge is 0.164 e. The Kier molecular flexibility index (Phi) is 13.2. The number of aromatic nitrogens is 6. The first-order valence-electron chi connectivity index (χ1n) is 30.3. The molecule has 0 N–H and O–H groups in total. The van der Waals surface area contributed by atoms with Crippen LogP contribution >= 0.6 is 0 Å². The van der Waals surface area contributed by atoms with Crippen molar-refractivity contribution in [3.05, 3.63) is 287 Å². The molecule has 0 spiro atoms. The normalized spacial score (nSPS) is 11.6. The van der Waals surface area contributed by atoms with Gasteiger partial charge in [0, 0.05) is 50.0 Å². The van der Waals surface area contributed by atoms with E-state index in [-0.39, 0.29) is 0 Å². The topological polar surface area (TPSA) is 61.4 Å². The lowest BCUT2D eigenvalue weighted by molar-refractivity contribution is 1.07. The van der Waals surface area contributed by atoms with Crippen LogP contribution in [0.5, 0.6) is 0 Å². The van der Waals surface area contributed by atoms with E-state index in [9.17, 15) is 0 Å². The molecule has 0 aliphatic carbocycles. The quantitative estimate of drug-likeness (QED) is 0.137. The summed E-state index contributed by atoms with van der Waals surface area (Å²) in [6.45, 7) is 17.5. The van der Waals surface area contributed by atoms with Gasteiger partial charge in [-0.1, -0.05) is 180 Å². The maximum Gasteiger partial charge on any atom is 0.164 e. The van der Waals surface area contributed by atoms with Gasteiger partial charge in [-0.15, -0.1) is 0 Å². The minimum Gasteiger partial charge on any atom is -0.309 e. The van der Waals surface area contributed by atoms with Crippen LogP contribution in [0, 0.1) is 55.4 Å². The first-order chi connectivity index (χ1) is 42.9. The molecule has 4 heterocycles. The van der Waals surface area contributed by atoms with Crippen molar-refractivity contribution in [2.75, 3.05) is 0 Å². The Bertz CT molecular complexity index is 5020. The SMILES string of the molecule is Cc1ccc(-c2ccc3c(c2)c2cc(-c4ccc(C)cc4C)ccc2n3-c2ccc(-c3nc(-c4ccccc4)nc(-c4ccccc4)n3)cc2-c2ncccc2-n2c3ccc(-c4ccc(C)cc4C)cc3c3cc(-c4ccc(C)cc4C)ccc32)c(C)c1. The van der Waals surface area contributed by atoms with Crippen molar-refractivity contribution in [2.24, 2.45) is 0 Å². The fourth-order valence-corrected chi connectivity index (χ4v) is 13.6. The molecule has 0 radical (unpaired) electrons. The van der Waals surface area contributed by atoms with E-state index in [1.54, 1.807) is 0 Å². The molecule has 15 aromatic rings. The van der Waals surface area contributed by atoms with Crippen LogP contribution in [0.1, 0.15) is 44.5 Å². The molecule has 0 aliphatic heterocycles. The molecule has 88 heavy (non-hydrogen) atoms. The Hall–Kier alpha value is -10.8. The van der Waals surface area contributed by atoms with Gasteiger partial charge in [-0.2, -0.15) is 0 Å². The lowest BCUT2D eigenvalue weighted by Gasteiger charge is -2.19. The van der Waals surface area contributed by atoms with Crippen LogP contribution < -0.4 is 0 Å². The fraction of sp³-hybridized carbons (Fsp3) is 0.0976. The van der Waals surface area contributed by atoms with Gasteiger partial charge in [0.25, 0.3) is 0 Å². The van der Waals surface area contributed by atoms with Crippen molar-refractivity contribution >= 4 is 43.6 Å². The van der Waals surface area contributed by atoms with Crippen LogP contribution in [0.15, 0.2) is 243 Å². The lowest BCUT2D eigenvalue weighted by Crippen LogP contribution is -2.04. The highest BCUT2D eigenvalue weighted by molar-refractivity contribution is 6.14. The van der Waals surface area contributed by atoms with Gasteiger partial charge in [-0.3, -0.25) is 4.98 Å². The highest BCUT2D eigenvalue weighted by atomic mass is 15.0. The summed E-state index contributed by atoms with van der Waals surface area (Å²) in [7, 11) is 0. The Morgan fingerprint density at radius 1 is 0.250 bits per heavy atom. The van der Waals surface area contributed by atoms with E-state index in [1.807, 2.05) is 42.6 Å². The Labute approximate surface area is 513 Å². The molecule has 0 saturated carbocycles. The van der Waals surface area contributed by atoms with Crippen molar-refractivity contribution in [2.45, 2.75) is 55.4 Å². The van der Waals surface area contributed by atoms with Crippen LogP contribution in [-0.4, -0.2) is 29.1 Å². The summed E-state index contributed by atoms with van der Waals surface area (Å²) >= 11 is 0. The maximum absolute atomic E-state index is 5.54. The highest BCUT2D eigenvalue weighted by Gasteiger charge is 2.25. The summed E-state index contributed by atoms with van der Waals surface area (Å²) in [4.78, 5) is 21.3. The van der Waals surface area contributed by atoms with Crippen molar-refractivity contribution in [1.29, 1.82) is 0 Å². The van der Waals surface area contributed by atoms with Gasteiger partial charge in [0.15, 0.2) is 17.5 Å². The third-order valence-electron chi connectivity index (χ3n) is 17.8. The molecule has 0 unspecified atom stereocenters. The average molecular weight is 1130 g/mol. The van der Waals surface area contributed by atoms with Crippen LogP contribution in [0.3, 0.4) is 0 Å². The molecule has 0 saturated heterocycles. The number of pyridine rings is 1. The van der Waals surface area contributed by atoms with Gasteiger partial charge in [0.05, 0.1) is 39.1 Å². The van der Waals surface area contributed by atoms with Gasteiger partial charge in [-0.05, 0) is 201 Å². The Morgan fingerprint density at radius 3 is 0.955 bits per heavy atom. The van der Waals surface area contributed by atoms with Gasteiger partial charge in [0.2, 0.25) is 0 Å². The van der Waals surface area contributed by atoms with Gasteiger partial charge in [-0.25, -0.2) is 15.0 Å². The summed E-state index contributed by atoms with van der Waals surface area (Å²) in [5.74, 6) is 1.76. The summed E-state index contributed by atoms with van der Waals surface area (Å²) in [5.41, 5.74) is 30.2. The molecule has 6 nitrogen and oxygen atoms in total. The van der Waals surface area contributed by atoms with Crippen LogP contribution in [-0.2, 0) is 0 Å². The predicted molar refractivity (Wildman–Crippen MR) is 368 cm³/mol. The first-order valence-corrected chi connectivity index (χ1v) is 30.3. The molecular formula is C82H64N6. The van der Waals surface area contributed by atoms with Gasteiger partial charge >= 0.3 is 0 Å². The number of fused-ring (bicyclic) bond motifs is 6. The maximum atomic E-state index is 5.54. The zero-order valence-corrected chi connectivity index (χ0v) is 50.8. The number of benzene rings is 11. The zero-order chi connectivity index (χ0) is 59.9. The first kappa shape index (κ1) is 53.9. The summed E-state index contributed by atoms with van der Waals surface area (Å²) in [5, 5.41) is 4.65. The van der Waals surface area contributed by atoms with Crippen molar-refractivity contribution in [1.82, 2.24) is 29.1 Å². The second-order valence-electron chi connectivity index (χ2n) is 24.0. The van der Waals surface area contributed by atoms with Crippen molar-refractivity contribution in [3.63, 3.8) is 0 Å². The molecule has 15 rings (SSSR count). The molecule has 11 aromatic carbocycles. The third-order valence-corrected chi connectivity index (χ3v) is 17.8. The summed E-state index contributed by atoms with van der Waals surface area (Å²) in [6, 6.07) is 86.4. The molecule has 0 atom stereocenters. The fourth-order valence-electron chi connectivity index (χ4n) is 13.6. The zero-order valence-electron chi connectivity index (χ0n) is 50.8. The van der Waals surface area contributed by atoms with Crippen molar-refractivity contribution < 1.29 is 0 Å². The van der Waals surface area contributed by atoms with E-state index in [2.05, 4.69) is 265 Å². The van der Waals surface area contributed by atoms with E-state index in [1.165, 1.54) is 89.0 Å². The van der Waals surface area contributed by atoms with Gasteiger partial charge < -0.3 is 9.13 Å². The lowest BCUT2D eigenvalue weighted by atomic mass is 9.95. The van der Waals surface area contributed by atoms with E-state index >= 15 is 0 Å². The van der Waals surface area contributed by atoms with Crippen LogP contribution in [0.25, 0.3) is 145 Å². The number of hydrogen-bond donors (Lipinski definition) is 0. The molecular weight excluding hydrogens is 1070 g/mol. The number of nitrogens with zero attached hydrogens (tertiary/aromatic N) is 6. The van der Waals surface area contributed by atoms with E-state index in [0.717, 1.165) is 82.9 Å². The molecule has 0 fully saturated rings. The number of rotatable bonds is 10. The molecule has 6 heteroatoms. The number of aryl methyl sites for hydroxylation is 8. The Morgan fingerprint density at radius 2 is 0.591 bits per heavy atom. The van der Waals surface area contributed by atoms with Crippen LogP contribution in [0.2, 0.25) is 0 Å². The molecule has 0 amide bonds. The standard InChI is InChI=1S/C82H64N6/c1-49-21-30-64(53(5)40-49)59-25-34-73-68(44-59)69-45-60(65-31-22-50(2)41-54(65)6)26-35-74(69)87(73)77-38-29-63(82-85-80(57-16-11-9-12-17-57)84-81(86-82)58-18-13-10-14-19-58)48-72(77)79-78(20-15-39-83-79)88-75-36-27-61(66-32-23-51(3)42-55(66)7)46-70(75)71-47-62(28-37-76(71)88)67-33-24-52(4)43-56(67)8/h9-48H,1-8H3. The van der Waals surface area contributed by atoms with Gasteiger partial charge in [0.1, 0.15) is 0 Å². The monoisotopic (exact) mass is 1130 g/mol. The van der Waals surface area contributed by atoms with Crippen LogP contribution in [0.4, 0.5) is 0 Å². The Balaban J connectivity index is 1.02. The second kappa shape index (κ2) is 21.6. The van der Waals surface area contributed by atoms with E-state index in [4.69, 9.17) is 19.9 Å². The largest absolute Gasteiger partial charge is 0.309 e. The predicted octanol–water partition coefficient (Wildman–Crippen LogP) is 21.3. The van der Waals surface area contributed by atoms with E-state index in [0.29, 0.717) is 17.5 Å². The molecule has 422 valence electrons. The van der Waals surface area contributed by atoms with E-state index < -0.39 is 0 Å². The third kappa shape index (κ3) is 9.45. The second-order valence-corrected chi connectivity index (χ2v) is 24.0. The molecule has 4 aromatic heterocycles. The molecule has 0 bridgehead atoms. The average Bonchev–Trinajstić information content (AvgIpc) is 1.59.